The van der Waals surface area contributed by atoms with Gasteiger partial charge in [0.2, 0.25) is 5.91 Å². The Labute approximate surface area is 114 Å². The molecule has 18 heavy (non-hydrogen) atoms. The summed E-state index contributed by atoms with van der Waals surface area (Å²) in [4.78, 5) is 16.2. The Morgan fingerprint density at radius 1 is 1.44 bits per heavy atom. The first-order valence-corrected chi connectivity index (χ1v) is 7.34. The van der Waals surface area contributed by atoms with Crippen LogP contribution in [-0.2, 0) is 4.79 Å². The number of aromatic nitrogens is 1. The molecule has 0 aliphatic rings. The summed E-state index contributed by atoms with van der Waals surface area (Å²) in [6.07, 6.45) is 0. The first kappa shape index (κ1) is 13.3. The SMILES string of the molecule is CC(C)C(Sc1nc2ccccc2s1)C(=O)NN. The molecule has 2 aromatic rings. The second kappa shape index (κ2) is 5.69. The van der Waals surface area contributed by atoms with Crippen molar-refractivity contribution in [1.82, 2.24) is 10.4 Å². The zero-order valence-electron chi connectivity index (χ0n) is 10.2. The standard InChI is InChI=1S/C12H15N3OS2/c1-7(2)10(11(16)15-13)18-12-14-8-5-3-4-6-9(8)17-12/h3-7,10H,13H2,1-2H3,(H,15,16). The number of para-hydroxylation sites is 1. The lowest BCUT2D eigenvalue weighted by atomic mass is 10.1. The predicted molar refractivity (Wildman–Crippen MR) is 76.4 cm³/mol. The van der Waals surface area contributed by atoms with Crippen LogP contribution in [-0.4, -0.2) is 16.1 Å². The van der Waals surface area contributed by atoms with E-state index in [0.29, 0.717) is 0 Å². The topological polar surface area (TPSA) is 68.0 Å². The molecule has 0 saturated heterocycles. The molecular weight excluding hydrogens is 266 g/mol. The molecule has 96 valence electrons. The van der Waals surface area contributed by atoms with Crippen molar-refractivity contribution in [1.29, 1.82) is 0 Å². The molecule has 0 radical (unpaired) electrons. The molecule has 3 N–H and O–H groups in total. The van der Waals surface area contributed by atoms with Crippen LogP contribution in [0.25, 0.3) is 10.2 Å². The molecule has 1 heterocycles. The van der Waals surface area contributed by atoms with Crippen molar-refractivity contribution in [2.45, 2.75) is 23.4 Å². The van der Waals surface area contributed by atoms with Crippen LogP contribution >= 0.6 is 23.1 Å². The third-order valence-corrected chi connectivity index (χ3v) is 5.18. The zero-order chi connectivity index (χ0) is 13.1. The van der Waals surface area contributed by atoms with Crippen molar-refractivity contribution in [2.75, 3.05) is 0 Å². The number of fused-ring (bicyclic) bond motifs is 1. The van der Waals surface area contributed by atoms with E-state index in [9.17, 15) is 4.79 Å². The Morgan fingerprint density at radius 2 is 2.17 bits per heavy atom. The summed E-state index contributed by atoms with van der Waals surface area (Å²) >= 11 is 3.07. The maximum Gasteiger partial charge on any atom is 0.247 e. The number of hydrazine groups is 1. The molecular formula is C12H15N3OS2. The molecule has 6 heteroatoms. The maximum atomic E-state index is 11.7. The number of hydrogen-bond acceptors (Lipinski definition) is 5. The second-order valence-corrected chi connectivity index (χ2v) is 6.66. The Bertz CT molecular complexity index is 520. The Morgan fingerprint density at radius 3 is 2.78 bits per heavy atom. The van der Waals surface area contributed by atoms with Crippen LogP contribution in [0.5, 0.6) is 0 Å². The molecule has 0 saturated carbocycles. The van der Waals surface area contributed by atoms with E-state index >= 15 is 0 Å². The number of amides is 1. The van der Waals surface area contributed by atoms with Crippen LogP contribution in [0.3, 0.4) is 0 Å². The summed E-state index contributed by atoms with van der Waals surface area (Å²) in [5.74, 6) is 5.25. The smallest absolute Gasteiger partial charge is 0.247 e. The van der Waals surface area contributed by atoms with Gasteiger partial charge in [-0.05, 0) is 18.1 Å². The quantitative estimate of drug-likeness (QED) is 0.391. The molecule has 0 bridgehead atoms. The van der Waals surface area contributed by atoms with Gasteiger partial charge in [0, 0.05) is 0 Å². The highest BCUT2D eigenvalue weighted by atomic mass is 32.2. The van der Waals surface area contributed by atoms with Crippen molar-refractivity contribution in [3.8, 4) is 0 Å². The Kier molecular flexibility index (Phi) is 4.21. The normalized spacial score (nSPS) is 12.9. The molecule has 1 aromatic heterocycles. The van der Waals surface area contributed by atoms with Gasteiger partial charge in [-0.1, -0.05) is 37.7 Å². The molecule has 1 unspecified atom stereocenters. The van der Waals surface area contributed by atoms with Crippen LogP contribution in [0.2, 0.25) is 0 Å². The molecule has 1 atom stereocenters. The number of thiazole rings is 1. The highest BCUT2D eigenvalue weighted by molar-refractivity contribution is 8.02. The first-order valence-electron chi connectivity index (χ1n) is 5.64. The summed E-state index contributed by atoms with van der Waals surface area (Å²) in [5, 5.41) is -0.212. The van der Waals surface area contributed by atoms with Crippen LogP contribution in [0.1, 0.15) is 13.8 Å². The number of carbonyl (C=O) groups is 1. The summed E-state index contributed by atoms with van der Waals surface area (Å²) in [6, 6.07) is 7.96. The second-order valence-electron chi connectivity index (χ2n) is 4.24. The number of rotatable bonds is 4. The minimum Gasteiger partial charge on any atom is -0.293 e. The minimum absolute atomic E-state index is 0.158. The van der Waals surface area contributed by atoms with Crippen LogP contribution < -0.4 is 11.3 Å². The number of nitrogens with one attached hydrogen (secondary N) is 1. The lowest BCUT2D eigenvalue weighted by Crippen LogP contribution is -2.39. The molecule has 1 aromatic carbocycles. The lowest BCUT2D eigenvalue weighted by molar-refractivity contribution is -0.121. The van der Waals surface area contributed by atoms with Gasteiger partial charge in [-0.3, -0.25) is 10.2 Å². The number of nitrogens with two attached hydrogens (primary N) is 1. The monoisotopic (exact) mass is 281 g/mol. The fraction of sp³-hybridized carbons (Fsp3) is 0.333. The fourth-order valence-electron chi connectivity index (χ4n) is 1.58. The van der Waals surface area contributed by atoms with Crippen LogP contribution in [0, 0.1) is 5.92 Å². The van der Waals surface area contributed by atoms with Crippen molar-refractivity contribution in [3.05, 3.63) is 24.3 Å². The largest absolute Gasteiger partial charge is 0.293 e. The molecule has 0 aliphatic carbocycles. The van der Waals surface area contributed by atoms with E-state index in [1.165, 1.54) is 11.8 Å². The van der Waals surface area contributed by atoms with E-state index in [1.54, 1.807) is 11.3 Å². The zero-order valence-corrected chi connectivity index (χ0v) is 11.8. The minimum atomic E-state index is -0.212. The highest BCUT2D eigenvalue weighted by Gasteiger charge is 2.24. The average molecular weight is 281 g/mol. The number of thioether (sulfide) groups is 1. The highest BCUT2D eigenvalue weighted by Crippen LogP contribution is 2.34. The van der Waals surface area contributed by atoms with Crippen LogP contribution in [0.4, 0.5) is 0 Å². The van der Waals surface area contributed by atoms with Gasteiger partial charge in [-0.2, -0.15) is 0 Å². The number of nitrogens with zero attached hydrogens (tertiary/aromatic N) is 1. The molecule has 4 nitrogen and oxygen atoms in total. The Balaban J connectivity index is 2.23. The predicted octanol–water partition coefficient (Wildman–Crippen LogP) is 2.40. The van der Waals surface area contributed by atoms with Crippen LogP contribution in [0.15, 0.2) is 28.6 Å². The van der Waals surface area contributed by atoms with Crippen molar-refractivity contribution in [2.24, 2.45) is 11.8 Å². The number of hydrogen-bond donors (Lipinski definition) is 2. The fourth-order valence-corrected chi connectivity index (χ4v) is 3.87. The lowest BCUT2D eigenvalue weighted by Gasteiger charge is -2.16. The number of carbonyl (C=O) groups excluding carboxylic acids is 1. The van der Waals surface area contributed by atoms with Gasteiger partial charge in [0.1, 0.15) is 0 Å². The van der Waals surface area contributed by atoms with Gasteiger partial charge in [-0.15, -0.1) is 11.3 Å². The molecule has 2 rings (SSSR count). The van der Waals surface area contributed by atoms with Gasteiger partial charge in [0.25, 0.3) is 0 Å². The maximum absolute atomic E-state index is 11.7. The van der Waals surface area contributed by atoms with E-state index in [1.807, 2.05) is 38.1 Å². The summed E-state index contributed by atoms with van der Waals surface area (Å²) in [7, 11) is 0. The van der Waals surface area contributed by atoms with Gasteiger partial charge < -0.3 is 0 Å². The molecule has 1 amide bonds. The molecule has 0 aliphatic heterocycles. The van der Waals surface area contributed by atoms with E-state index in [0.717, 1.165) is 14.6 Å². The molecule has 0 fully saturated rings. The van der Waals surface area contributed by atoms with E-state index in [-0.39, 0.29) is 17.1 Å². The average Bonchev–Trinajstić information content (AvgIpc) is 2.77. The molecule has 0 spiro atoms. The summed E-state index contributed by atoms with van der Waals surface area (Å²) < 4.78 is 2.04. The van der Waals surface area contributed by atoms with Crippen molar-refractivity contribution < 1.29 is 4.79 Å². The van der Waals surface area contributed by atoms with Crippen molar-refractivity contribution in [3.63, 3.8) is 0 Å². The summed E-state index contributed by atoms with van der Waals surface area (Å²) in [5.41, 5.74) is 3.19. The van der Waals surface area contributed by atoms with Gasteiger partial charge in [0.05, 0.1) is 15.5 Å². The van der Waals surface area contributed by atoms with Crippen molar-refractivity contribution >= 4 is 39.2 Å². The van der Waals surface area contributed by atoms with E-state index in [2.05, 4.69) is 10.4 Å². The Hall–Kier alpha value is -1.11. The van der Waals surface area contributed by atoms with Gasteiger partial charge >= 0.3 is 0 Å². The first-order chi connectivity index (χ1) is 8.61. The van der Waals surface area contributed by atoms with Gasteiger partial charge in [-0.25, -0.2) is 10.8 Å². The summed E-state index contributed by atoms with van der Waals surface area (Å²) in [6.45, 7) is 4.00. The number of benzene rings is 1. The van der Waals surface area contributed by atoms with Gasteiger partial charge in [0.15, 0.2) is 4.34 Å². The third kappa shape index (κ3) is 2.82. The van der Waals surface area contributed by atoms with E-state index < -0.39 is 0 Å². The third-order valence-electron chi connectivity index (χ3n) is 2.51. The van der Waals surface area contributed by atoms with E-state index in [4.69, 9.17) is 5.84 Å².